The maximum atomic E-state index is 4.10. The Hall–Kier alpha value is -0.720. The fourth-order valence-electron chi connectivity index (χ4n) is 1.73. The van der Waals surface area contributed by atoms with Crippen LogP contribution in [0.4, 0.5) is 0 Å². The molecule has 4 nitrogen and oxygen atoms in total. The highest BCUT2D eigenvalue weighted by molar-refractivity contribution is 9.11. The molecule has 2 heterocycles. The van der Waals surface area contributed by atoms with E-state index < -0.39 is 0 Å². The molecule has 2 rings (SSSR count). The molecule has 17 heavy (non-hydrogen) atoms. The van der Waals surface area contributed by atoms with E-state index in [-0.39, 0.29) is 0 Å². The van der Waals surface area contributed by atoms with Crippen molar-refractivity contribution in [1.29, 1.82) is 0 Å². The fraction of sp³-hybridized carbons (Fsp3) is 0.455. The van der Waals surface area contributed by atoms with Gasteiger partial charge in [0.1, 0.15) is 12.7 Å². The minimum Gasteiger partial charge on any atom is -0.305 e. The predicted octanol–water partition coefficient (Wildman–Crippen LogP) is 2.84. The molecule has 2 aromatic heterocycles. The van der Waals surface area contributed by atoms with Crippen LogP contribution in [0.2, 0.25) is 0 Å². The zero-order valence-corrected chi connectivity index (χ0v) is 12.2. The van der Waals surface area contributed by atoms with Crippen molar-refractivity contribution >= 4 is 27.3 Å². The van der Waals surface area contributed by atoms with Crippen LogP contribution in [0.25, 0.3) is 0 Å². The summed E-state index contributed by atoms with van der Waals surface area (Å²) in [4.78, 5) is 5.27. The quantitative estimate of drug-likeness (QED) is 0.922. The van der Waals surface area contributed by atoms with Crippen molar-refractivity contribution in [2.75, 3.05) is 0 Å². The molecule has 2 aromatic rings. The Bertz CT molecular complexity index is 454. The maximum absolute atomic E-state index is 4.10. The summed E-state index contributed by atoms with van der Waals surface area (Å²) >= 11 is 5.25. The van der Waals surface area contributed by atoms with Crippen LogP contribution in [0, 0.1) is 0 Å². The molecular formula is C11H15BrN4S. The van der Waals surface area contributed by atoms with Gasteiger partial charge in [-0.3, -0.25) is 4.68 Å². The van der Waals surface area contributed by atoms with Crippen molar-refractivity contribution in [1.82, 2.24) is 20.1 Å². The van der Waals surface area contributed by atoms with Crippen LogP contribution < -0.4 is 5.32 Å². The Kier molecular flexibility index (Phi) is 4.31. The van der Waals surface area contributed by atoms with Crippen LogP contribution in [0.1, 0.15) is 24.8 Å². The Balaban J connectivity index is 1.88. The normalized spacial score (nSPS) is 14.8. The molecule has 1 N–H and O–H groups in total. The fourth-order valence-corrected chi connectivity index (χ4v) is 3.17. The monoisotopic (exact) mass is 314 g/mol. The Morgan fingerprint density at radius 1 is 1.47 bits per heavy atom. The molecule has 0 spiro atoms. The SMILES string of the molecule is C[C@H](Cn1cncn1)N[C@@H](C)c1ccc(Br)s1. The number of hydrogen-bond acceptors (Lipinski definition) is 4. The van der Waals surface area contributed by atoms with Gasteiger partial charge in [0.15, 0.2) is 0 Å². The lowest BCUT2D eigenvalue weighted by atomic mass is 10.2. The second kappa shape index (κ2) is 5.75. The predicted molar refractivity (Wildman–Crippen MR) is 73.1 cm³/mol. The van der Waals surface area contributed by atoms with E-state index in [1.165, 1.54) is 8.66 Å². The van der Waals surface area contributed by atoms with E-state index in [1.807, 2.05) is 4.68 Å². The van der Waals surface area contributed by atoms with E-state index in [0.717, 1.165) is 6.54 Å². The van der Waals surface area contributed by atoms with Gasteiger partial charge in [-0.1, -0.05) is 0 Å². The third-order valence-electron chi connectivity index (χ3n) is 2.48. The van der Waals surface area contributed by atoms with E-state index in [9.17, 15) is 0 Å². The summed E-state index contributed by atoms with van der Waals surface area (Å²) in [6.07, 6.45) is 3.30. The second-order valence-corrected chi connectivity index (χ2v) is 6.54. The summed E-state index contributed by atoms with van der Waals surface area (Å²) in [5.74, 6) is 0. The number of rotatable bonds is 5. The standard InChI is InChI=1S/C11H15BrN4S/c1-8(5-16-7-13-6-14-16)15-9(2)10-3-4-11(12)17-10/h3-4,6-9,15H,5H2,1-2H3/t8-,9+/m1/s1. The lowest BCUT2D eigenvalue weighted by Gasteiger charge is -2.18. The second-order valence-electron chi connectivity index (χ2n) is 4.05. The van der Waals surface area contributed by atoms with Crippen molar-refractivity contribution < 1.29 is 0 Å². The third-order valence-corrected chi connectivity index (χ3v) is 4.29. The van der Waals surface area contributed by atoms with Gasteiger partial charge in [0.2, 0.25) is 0 Å². The minimum atomic E-state index is 0.352. The number of halogens is 1. The topological polar surface area (TPSA) is 42.7 Å². The van der Waals surface area contributed by atoms with Gasteiger partial charge in [-0.25, -0.2) is 4.98 Å². The number of nitrogens with one attached hydrogen (secondary N) is 1. The van der Waals surface area contributed by atoms with E-state index in [1.54, 1.807) is 24.0 Å². The average Bonchev–Trinajstić information content (AvgIpc) is 2.89. The van der Waals surface area contributed by atoms with Gasteiger partial charge < -0.3 is 5.32 Å². The van der Waals surface area contributed by atoms with E-state index >= 15 is 0 Å². The number of aromatic nitrogens is 3. The average molecular weight is 315 g/mol. The lowest BCUT2D eigenvalue weighted by molar-refractivity contribution is 0.415. The molecular weight excluding hydrogens is 300 g/mol. The molecule has 0 saturated heterocycles. The highest BCUT2D eigenvalue weighted by Gasteiger charge is 2.11. The molecule has 0 radical (unpaired) electrons. The minimum absolute atomic E-state index is 0.352. The zero-order chi connectivity index (χ0) is 12.3. The summed E-state index contributed by atoms with van der Waals surface area (Å²) in [6, 6.07) is 4.94. The molecule has 0 aliphatic heterocycles. The summed E-state index contributed by atoms with van der Waals surface area (Å²) in [6.45, 7) is 5.16. The maximum Gasteiger partial charge on any atom is 0.137 e. The van der Waals surface area contributed by atoms with Crippen LogP contribution in [0.15, 0.2) is 28.6 Å². The van der Waals surface area contributed by atoms with Gasteiger partial charge in [-0.15, -0.1) is 11.3 Å². The van der Waals surface area contributed by atoms with E-state index in [4.69, 9.17) is 0 Å². The molecule has 92 valence electrons. The number of nitrogens with zero attached hydrogens (tertiary/aromatic N) is 3. The number of thiophene rings is 1. The van der Waals surface area contributed by atoms with E-state index in [2.05, 4.69) is 57.3 Å². The first-order valence-electron chi connectivity index (χ1n) is 5.49. The van der Waals surface area contributed by atoms with Crippen molar-refractivity contribution in [2.24, 2.45) is 0 Å². The Morgan fingerprint density at radius 3 is 2.88 bits per heavy atom. The molecule has 0 amide bonds. The summed E-state index contributed by atoms with van der Waals surface area (Å²) < 4.78 is 3.01. The molecule has 2 atom stereocenters. The molecule has 0 unspecified atom stereocenters. The van der Waals surface area contributed by atoms with Gasteiger partial charge in [0.05, 0.1) is 10.3 Å². The summed E-state index contributed by atoms with van der Waals surface area (Å²) in [7, 11) is 0. The van der Waals surface area contributed by atoms with Gasteiger partial charge in [-0.2, -0.15) is 5.10 Å². The largest absolute Gasteiger partial charge is 0.305 e. The lowest BCUT2D eigenvalue weighted by Crippen LogP contribution is -2.32. The molecule has 6 heteroatoms. The highest BCUT2D eigenvalue weighted by atomic mass is 79.9. The van der Waals surface area contributed by atoms with Gasteiger partial charge in [0.25, 0.3) is 0 Å². The van der Waals surface area contributed by atoms with Gasteiger partial charge >= 0.3 is 0 Å². The molecule has 0 bridgehead atoms. The first kappa shape index (κ1) is 12.7. The van der Waals surface area contributed by atoms with Crippen LogP contribution >= 0.6 is 27.3 Å². The summed E-state index contributed by atoms with van der Waals surface area (Å²) in [5, 5.41) is 7.65. The summed E-state index contributed by atoms with van der Waals surface area (Å²) in [5.41, 5.74) is 0. The van der Waals surface area contributed by atoms with Crippen LogP contribution in [-0.2, 0) is 6.54 Å². The van der Waals surface area contributed by atoms with E-state index in [0.29, 0.717) is 12.1 Å². The highest BCUT2D eigenvalue weighted by Crippen LogP contribution is 2.27. The zero-order valence-electron chi connectivity index (χ0n) is 9.80. The molecule has 0 fully saturated rings. The van der Waals surface area contributed by atoms with Gasteiger partial charge in [-0.05, 0) is 41.9 Å². The smallest absolute Gasteiger partial charge is 0.137 e. The molecule has 0 aliphatic carbocycles. The molecule has 0 saturated carbocycles. The molecule has 0 aliphatic rings. The van der Waals surface area contributed by atoms with Crippen molar-refractivity contribution in [2.45, 2.75) is 32.5 Å². The first-order chi connectivity index (χ1) is 8.15. The Labute approximate surface area is 113 Å². The first-order valence-corrected chi connectivity index (χ1v) is 7.10. The van der Waals surface area contributed by atoms with Crippen LogP contribution in [0.3, 0.4) is 0 Å². The number of hydrogen-bond donors (Lipinski definition) is 1. The van der Waals surface area contributed by atoms with Crippen molar-refractivity contribution in [3.05, 3.63) is 33.5 Å². The molecule has 0 aromatic carbocycles. The third kappa shape index (κ3) is 3.62. The van der Waals surface area contributed by atoms with Crippen LogP contribution in [0.5, 0.6) is 0 Å². The Morgan fingerprint density at radius 2 is 2.29 bits per heavy atom. The van der Waals surface area contributed by atoms with Crippen LogP contribution in [-0.4, -0.2) is 20.8 Å². The van der Waals surface area contributed by atoms with Crippen molar-refractivity contribution in [3.63, 3.8) is 0 Å². The van der Waals surface area contributed by atoms with Gasteiger partial charge in [0, 0.05) is 17.0 Å². The van der Waals surface area contributed by atoms with Crippen molar-refractivity contribution in [3.8, 4) is 0 Å².